The van der Waals surface area contributed by atoms with Crippen LogP contribution in [0, 0.1) is 5.82 Å². The molecule has 2 rings (SSSR count). The van der Waals surface area contributed by atoms with Crippen LogP contribution in [0.5, 0.6) is 5.75 Å². The number of halogens is 1. The number of furan rings is 1. The van der Waals surface area contributed by atoms with Gasteiger partial charge in [0.05, 0.1) is 19.4 Å². The lowest BCUT2D eigenvalue weighted by Gasteiger charge is -2.22. The fourth-order valence-electron chi connectivity index (χ4n) is 2.02. The monoisotopic (exact) mass is 336 g/mol. The van der Waals surface area contributed by atoms with Crippen LogP contribution in [0.25, 0.3) is 0 Å². The summed E-state index contributed by atoms with van der Waals surface area (Å²) < 4.78 is 24.0. The molecular weight excluding hydrogens is 315 g/mol. The summed E-state index contributed by atoms with van der Waals surface area (Å²) >= 11 is 0. The van der Waals surface area contributed by atoms with Gasteiger partial charge in [0.1, 0.15) is 17.5 Å². The zero-order valence-corrected chi connectivity index (χ0v) is 13.6. The molecule has 24 heavy (non-hydrogen) atoms. The molecule has 0 spiro atoms. The third kappa shape index (κ3) is 4.99. The van der Waals surface area contributed by atoms with Crippen molar-refractivity contribution in [2.24, 2.45) is 0 Å². The molecule has 0 saturated carbocycles. The first-order chi connectivity index (χ1) is 11.4. The van der Waals surface area contributed by atoms with Crippen LogP contribution in [-0.4, -0.2) is 30.3 Å². The number of ether oxygens (including phenoxy) is 1. The standard InChI is InChI=1S/C17H21FN2O4/c1-12(24-14-7-4-3-6-13(14)18)10-19-16(21)20-11-17(2,22)15-8-5-9-23-15/h3-9,12,22H,10-11H2,1-2H3,(H2,19,20,21). The van der Waals surface area contributed by atoms with Gasteiger partial charge in [0.15, 0.2) is 11.6 Å². The van der Waals surface area contributed by atoms with Gasteiger partial charge in [-0.2, -0.15) is 0 Å². The number of amides is 2. The molecule has 2 amide bonds. The van der Waals surface area contributed by atoms with E-state index in [1.54, 1.807) is 31.2 Å². The molecule has 7 heteroatoms. The number of benzene rings is 1. The van der Waals surface area contributed by atoms with Crippen molar-refractivity contribution in [2.45, 2.75) is 25.6 Å². The summed E-state index contributed by atoms with van der Waals surface area (Å²) in [6, 6.07) is 8.89. The summed E-state index contributed by atoms with van der Waals surface area (Å²) in [6.45, 7) is 3.42. The molecule has 0 aliphatic rings. The predicted molar refractivity (Wildman–Crippen MR) is 86.2 cm³/mol. The fourth-order valence-corrected chi connectivity index (χ4v) is 2.02. The first kappa shape index (κ1) is 17.8. The molecule has 1 heterocycles. The van der Waals surface area contributed by atoms with Gasteiger partial charge >= 0.3 is 6.03 Å². The second-order valence-electron chi connectivity index (χ2n) is 5.67. The van der Waals surface area contributed by atoms with Crippen LogP contribution in [0.3, 0.4) is 0 Å². The molecule has 3 N–H and O–H groups in total. The Labute approximate surface area is 139 Å². The summed E-state index contributed by atoms with van der Waals surface area (Å²) in [5.74, 6) is 0.0373. The molecule has 0 bridgehead atoms. The van der Waals surface area contributed by atoms with Crippen LogP contribution in [0.2, 0.25) is 0 Å². The highest BCUT2D eigenvalue weighted by molar-refractivity contribution is 5.73. The van der Waals surface area contributed by atoms with Gasteiger partial charge in [-0.1, -0.05) is 12.1 Å². The number of hydrogen-bond donors (Lipinski definition) is 3. The molecule has 2 unspecified atom stereocenters. The largest absolute Gasteiger partial charge is 0.486 e. The first-order valence-electron chi connectivity index (χ1n) is 7.58. The van der Waals surface area contributed by atoms with E-state index in [2.05, 4.69) is 10.6 Å². The molecule has 2 atom stereocenters. The van der Waals surface area contributed by atoms with Crippen molar-refractivity contribution < 1.29 is 23.4 Å². The number of nitrogens with one attached hydrogen (secondary N) is 2. The zero-order chi connectivity index (χ0) is 17.6. The van der Waals surface area contributed by atoms with E-state index in [1.165, 1.54) is 25.3 Å². The number of carbonyl (C=O) groups excluding carboxylic acids is 1. The highest BCUT2D eigenvalue weighted by Gasteiger charge is 2.26. The summed E-state index contributed by atoms with van der Waals surface area (Å²) in [4.78, 5) is 11.8. The lowest BCUT2D eigenvalue weighted by Crippen LogP contribution is -2.45. The molecule has 0 fully saturated rings. The highest BCUT2D eigenvalue weighted by Crippen LogP contribution is 2.19. The second-order valence-corrected chi connectivity index (χ2v) is 5.67. The maximum Gasteiger partial charge on any atom is 0.315 e. The molecule has 6 nitrogen and oxygen atoms in total. The third-order valence-electron chi connectivity index (χ3n) is 3.36. The Balaban J connectivity index is 1.74. The van der Waals surface area contributed by atoms with Crippen molar-refractivity contribution in [3.05, 3.63) is 54.2 Å². The second kappa shape index (κ2) is 7.83. The molecular formula is C17H21FN2O4. The average Bonchev–Trinajstić information content (AvgIpc) is 3.09. The quantitative estimate of drug-likeness (QED) is 0.725. The highest BCUT2D eigenvalue weighted by atomic mass is 19.1. The van der Waals surface area contributed by atoms with Gasteiger partial charge in [-0.05, 0) is 38.1 Å². The molecule has 0 radical (unpaired) electrons. The van der Waals surface area contributed by atoms with E-state index in [0.717, 1.165) is 0 Å². The van der Waals surface area contributed by atoms with Gasteiger partial charge in [0.25, 0.3) is 0 Å². The molecule has 130 valence electrons. The lowest BCUT2D eigenvalue weighted by atomic mass is 10.0. The minimum Gasteiger partial charge on any atom is -0.486 e. The van der Waals surface area contributed by atoms with E-state index in [1.807, 2.05) is 0 Å². The SMILES string of the molecule is CC(CNC(=O)NCC(C)(O)c1ccco1)Oc1ccccc1F. The number of rotatable bonds is 7. The van der Waals surface area contributed by atoms with Gasteiger partial charge < -0.3 is 24.9 Å². The Morgan fingerprint density at radius 2 is 2.08 bits per heavy atom. The van der Waals surface area contributed by atoms with E-state index < -0.39 is 23.6 Å². The number of carbonyl (C=O) groups is 1. The van der Waals surface area contributed by atoms with E-state index in [9.17, 15) is 14.3 Å². The predicted octanol–water partition coefficient (Wildman–Crippen LogP) is 2.39. The van der Waals surface area contributed by atoms with Crippen LogP contribution < -0.4 is 15.4 Å². The summed E-state index contributed by atoms with van der Waals surface area (Å²) in [7, 11) is 0. The minimum absolute atomic E-state index is 0.0190. The van der Waals surface area contributed by atoms with Crippen molar-refractivity contribution >= 4 is 6.03 Å². The van der Waals surface area contributed by atoms with Crippen molar-refractivity contribution in [1.82, 2.24) is 10.6 Å². The molecule has 0 saturated heterocycles. The number of aliphatic hydroxyl groups is 1. The Morgan fingerprint density at radius 3 is 2.75 bits per heavy atom. The number of para-hydroxylation sites is 1. The maximum absolute atomic E-state index is 13.5. The van der Waals surface area contributed by atoms with Gasteiger partial charge in [-0.25, -0.2) is 9.18 Å². The van der Waals surface area contributed by atoms with Crippen molar-refractivity contribution in [3.8, 4) is 5.75 Å². The maximum atomic E-state index is 13.5. The topological polar surface area (TPSA) is 83.7 Å². The molecule has 0 aliphatic heterocycles. The summed E-state index contributed by atoms with van der Waals surface area (Å²) in [5, 5.41) is 15.4. The average molecular weight is 336 g/mol. The van der Waals surface area contributed by atoms with Crippen molar-refractivity contribution in [3.63, 3.8) is 0 Å². The summed E-state index contributed by atoms with van der Waals surface area (Å²) in [6.07, 6.45) is 1.03. The van der Waals surface area contributed by atoms with E-state index in [4.69, 9.17) is 9.15 Å². The van der Waals surface area contributed by atoms with Crippen LogP contribution in [-0.2, 0) is 5.60 Å². The molecule has 1 aromatic heterocycles. The normalized spacial score (nSPS) is 14.5. The van der Waals surface area contributed by atoms with Crippen LogP contribution >= 0.6 is 0 Å². The van der Waals surface area contributed by atoms with Gasteiger partial charge in [0, 0.05) is 0 Å². The Bertz CT molecular complexity index is 658. The van der Waals surface area contributed by atoms with Crippen LogP contribution in [0.1, 0.15) is 19.6 Å². The van der Waals surface area contributed by atoms with E-state index in [-0.39, 0.29) is 18.8 Å². The molecule has 1 aromatic carbocycles. The summed E-state index contributed by atoms with van der Waals surface area (Å²) in [5.41, 5.74) is -1.31. The van der Waals surface area contributed by atoms with E-state index >= 15 is 0 Å². The van der Waals surface area contributed by atoms with Gasteiger partial charge in [0.2, 0.25) is 0 Å². The van der Waals surface area contributed by atoms with Crippen LogP contribution in [0.4, 0.5) is 9.18 Å². The lowest BCUT2D eigenvalue weighted by molar-refractivity contribution is 0.0367. The number of hydrogen-bond acceptors (Lipinski definition) is 4. The van der Waals surface area contributed by atoms with Crippen molar-refractivity contribution in [1.29, 1.82) is 0 Å². The van der Waals surface area contributed by atoms with Crippen molar-refractivity contribution in [2.75, 3.05) is 13.1 Å². The Morgan fingerprint density at radius 1 is 1.33 bits per heavy atom. The number of urea groups is 1. The van der Waals surface area contributed by atoms with Crippen LogP contribution in [0.15, 0.2) is 47.1 Å². The zero-order valence-electron chi connectivity index (χ0n) is 13.6. The molecule has 0 aliphatic carbocycles. The Hall–Kier alpha value is -2.54. The fraction of sp³-hybridized carbons (Fsp3) is 0.353. The first-order valence-corrected chi connectivity index (χ1v) is 7.58. The Kier molecular flexibility index (Phi) is 5.81. The minimum atomic E-state index is -1.31. The molecule has 2 aromatic rings. The van der Waals surface area contributed by atoms with E-state index in [0.29, 0.717) is 5.76 Å². The van der Waals surface area contributed by atoms with Gasteiger partial charge in [-0.15, -0.1) is 0 Å². The van der Waals surface area contributed by atoms with Gasteiger partial charge in [-0.3, -0.25) is 0 Å². The third-order valence-corrected chi connectivity index (χ3v) is 3.36. The smallest absolute Gasteiger partial charge is 0.315 e.